The Morgan fingerprint density at radius 2 is 1.86 bits per heavy atom. The van der Waals surface area contributed by atoms with E-state index in [4.69, 9.17) is 21.1 Å². The molecular weight excluding hydrogens is 394 g/mol. The fraction of sp³-hybridized carbons (Fsp3) is 0.190. The van der Waals surface area contributed by atoms with Gasteiger partial charge in [-0.3, -0.25) is 9.59 Å². The van der Waals surface area contributed by atoms with E-state index in [1.54, 1.807) is 30.3 Å². The number of carbonyl (C=O) groups is 2. The Morgan fingerprint density at radius 3 is 2.55 bits per heavy atom. The Kier molecular flexibility index (Phi) is 8.72. The van der Waals surface area contributed by atoms with Gasteiger partial charge in [0.2, 0.25) is 0 Å². The lowest BCUT2D eigenvalue weighted by Gasteiger charge is -2.12. The zero-order valence-electron chi connectivity index (χ0n) is 16.0. The zero-order valence-corrected chi connectivity index (χ0v) is 16.7. The molecule has 0 aromatic heterocycles. The molecule has 29 heavy (non-hydrogen) atoms. The minimum absolute atomic E-state index is 0.200. The van der Waals surface area contributed by atoms with Crippen molar-refractivity contribution in [3.05, 3.63) is 71.3 Å². The summed E-state index contributed by atoms with van der Waals surface area (Å²) in [5.41, 5.74) is 3.80. The third-order valence-corrected chi connectivity index (χ3v) is 3.82. The highest BCUT2D eigenvalue weighted by molar-refractivity contribution is 6.35. The van der Waals surface area contributed by atoms with Crippen molar-refractivity contribution in [2.75, 3.05) is 13.2 Å². The molecule has 2 N–H and O–H groups in total. The van der Waals surface area contributed by atoms with Gasteiger partial charge in [0.25, 0.3) is 0 Å². The highest BCUT2D eigenvalue weighted by Crippen LogP contribution is 2.29. The number of hydrazone groups is 1. The van der Waals surface area contributed by atoms with E-state index in [9.17, 15) is 9.59 Å². The molecule has 2 amide bonds. The number of halogens is 1. The second kappa shape index (κ2) is 11.5. The van der Waals surface area contributed by atoms with E-state index in [0.717, 1.165) is 5.56 Å². The lowest BCUT2D eigenvalue weighted by Crippen LogP contribution is -2.37. The van der Waals surface area contributed by atoms with Crippen molar-refractivity contribution >= 4 is 29.6 Å². The number of hydrogen-bond acceptors (Lipinski definition) is 5. The van der Waals surface area contributed by atoms with Crippen LogP contribution in [0.2, 0.25) is 5.02 Å². The maximum Gasteiger partial charge on any atom is 0.329 e. The molecule has 0 radical (unpaired) electrons. The molecule has 0 aliphatic rings. The highest BCUT2D eigenvalue weighted by Gasteiger charge is 2.11. The summed E-state index contributed by atoms with van der Waals surface area (Å²) in [6.45, 7) is 6.34. The monoisotopic (exact) mass is 415 g/mol. The van der Waals surface area contributed by atoms with Crippen LogP contribution in [0, 0.1) is 0 Å². The third kappa shape index (κ3) is 7.31. The summed E-state index contributed by atoms with van der Waals surface area (Å²) >= 11 is 5.89. The molecule has 0 aliphatic heterocycles. The van der Waals surface area contributed by atoms with Crippen molar-refractivity contribution in [3.63, 3.8) is 0 Å². The first kappa shape index (κ1) is 22.0. The van der Waals surface area contributed by atoms with Gasteiger partial charge in [0.1, 0.15) is 6.61 Å². The molecule has 0 fully saturated rings. The van der Waals surface area contributed by atoms with Crippen molar-refractivity contribution in [2.45, 2.75) is 13.5 Å². The molecule has 0 aliphatic carbocycles. The van der Waals surface area contributed by atoms with Gasteiger partial charge in [-0.25, -0.2) is 5.43 Å². The van der Waals surface area contributed by atoms with E-state index >= 15 is 0 Å². The zero-order chi connectivity index (χ0) is 21.1. The number of ether oxygens (including phenoxy) is 2. The average Bonchev–Trinajstić information content (AvgIpc) is 2.72. The van der Waals surface area contributed by atoms with Crippen LogP contribution in [0.3, 0.4) is 0 Å². The van der Waals surface area contributed by atoms with Gasteiger partial charge in [0, 0.05) is 11.6 Å². The van der Waals surface area contributed by atoms with Crippen molar-refractivity contribution in [3.8, 4) is 11.5 Å². The molecule has 152 valence electrons. The SMILES string of the molecule is C=CCNC(=O)C(=O)N/N=C\c1ccc(OCc2ccc(Cl)cc2)c(OCC)c1. The molecule has 2 rings (SSSR count). The second-order valence-electron chi connectivity index (χ2n) is 5.75. The number of nitrogens with zero attached hydrogens (tertiary/aromatic N) is 1. The van der Waals surface area contributed by atoms with E-state index in [2.05, 4.69) is 22.4 Å². The Bertz CT molecular complexity index is 882. The van der Waals surface area contributed by atoms with Crippen molar-refractivity contribution in [1.29, 1.82) is 0 Å². The lowest BCUT2D eigenvalue weighted by atomic mass is 10.2. The molecule has 0 heterocycles. The molecule has 0 spiro atoms. The van der Waals surface area contributed by atoms with Crippen molar-refractivity contribution in [2.24, 2.45) is 5.10 Å². The van der Waals surface area contributed by atoms with Crippen LogP contribution < -0.4 is 20.2 Å². The van der Waals surface area contributed by atoms with E-state index in [0.29, 0.717) is 35.3 Å². The summed E-state index contributed by atoms with van der Waals surface area (Å²) in [6.07, 6.45) is 2.88. The van der Waals surface area contributed by atoms with Gasteiger partial charge >= 0.3 is 11.8 Å². The van der Waals surface area contributed by atoms with Gasteiger partial charge in [-0.2, -0.15) is 5.10 Å². The van der Waals surface area contributed by atoms with Gasteiger partial charge in [-0.1, -0.05) is 29.8 Å². The summed E-state index contributed by atoms with van der Waals surface area (Å²) in [7, 11) is 0. The largest absolute Gasteiger partial charge is 0.490 e. The fourth-order valence-corrected chi connectivity index (χ4v) is 2.32. The summed E-state index contributed by atoms with van der Waals surface area (Å²) in [6, 6.07) is 12.6. The Labute approximate surface area is 174 Å². The molecule has 0 unspecified atom stereocenters. The number of rotatable bonds is 9. The maximum absolute atomic E-state index is 11.6. The van der Waals surface area contributed by atoms with E-state index in [1.807, 2.05) is 19.1 Å². The minimum Gasteiger partial charge on any atom is -0.490 e. The Hall–Kier alpha value is -3.32. The predicted octanol–water partition coefficient (Wildman–Crippen LogP) is 3.07. The highest BCUT2D eigenvalue weighted by atomic mass is 35.5. The smallest absolute Gasteiger partial charge is 0.329 e. The minimum atomic E-state index is -0.865. The number of carbonyl (C=O) groups excluding carboxylic acids is 2. The van der Waals surface area contributed by atoms with Gasteiger partial charge in [0.05, 0.1) is 12.8 Å². The third-order valence-electron chi connectivity index (χ3n) is 3.57. The van der Waals surface area contributed by atoms with Gasteiger partial charge in [-0.05, 0) is 48.4 Å². The Morgan fingerprint density at radius 1 is 1.10 bits per heavy atom. The van der Waals surface area contributed by atoms with Crippen LogP contribution in [-0.4, -0.2) is 31.2 Å². The molecule has 0 atom stereocenters. The van der Waals surface area contributed by atoms with Crippen LogP contribution in [0.4, 0.5) is 0 Å². The van der Waals surface area contributed by atoms with Crippen LogP contribution in [-0.2, 0) is 16.2 Å². The summed E-state index contributed by atoms with van der Waals surface area (Å²) < 4.78 is 11.5. The predicted molar refractivity (Wildman–Crippen MR) is 112 cm³/mol. The standard InChI is InChI=1S/C21H22ClN3O4/c1-3-11-23-20(26)21(27)25-24-13-16-7-10-18(19(12-16)28-4-2)29-14-15-5-8-17(22)9-6-15/h3,5-10,12-13H,1,4,11,14H2,2H3,(H,23,26)(H,25,27)/b24-13-. The quantitative estimate of drug-likeness (QED) is 0.285. The van der Waals surface area contributed by atoms with Crippen LogP contribution >= 0.6 is 11.6 Å². The molecule has 7 nitrogen and oxygen atoms in total. The number of hydrogen-bond donors (Lipinski definition) is 2. The second-order valence-corrected chi connectivity index (χ2v) is 6.19. The number of amides is 2. The summed E-state index contributed by atoms with van der Waals surface area (Å²) in [5, 5.41) is 6.81. The van der Waals surface area contributed by atoms with Gasteiger partial charge < -0.3 is 14.8 Å². The van der Waals surface area contributed by atoms with E-state index in [-0.39, 0.29) is 6.54 Å². The molecule has 0 saturated heterocycles. The molecule has 2 aromatic carbocycles. The maximum atomic E-state index is 11.6. The molecule has 0 saturated carbocycles. The summed E-state index contributed by atoms with van der Waals surface area (Å²) in [4.78, 5) is 23.0. The van der Waals surface area contributed by atoms with E-state index < -0.39 is 11.8 Å². The first-order valence-corrected chi connectivity index (χ1v) is 9.27. The van der Waals surface area contributed by atoms with Crippen LogP contribution in [0.25, 0.3) is 0 Å². The first-order chi connectivity index (χ1) is 14.0. The topological polar surface area (TPSA) is 89.0 Å². The first-order valence-electron chi connectivity index (χ1n) is 8.89. The molecule has 8 heteroatoms. The van der Waals surface area contributed by atoms with Gasteiger partial charge in [-0.15, -0.1) is 6.58 Å². The number of benzene rings is 2. The lowest BCUT2D eigenvalue weighted by molar-refractivity contribution is -0.139. The molecule has 0 bridgehead atoms. The molecular formula is C21H22ClN3O4. The van der Waals surface area contributed by atoms with Gasteiger partial charge in [0.15, 0.2) is 11.5 Å². The molecule has 2 aromatic rings. The van der Waals surface area contributed by atoms with Crippen LogP contribution in [0.5, 0.6) is 11.5 Å². The van der Waals surface area contributed by atoms with E-state index in [1.165, 1.54) is 12.3 Å². The summed E-state index contributed by atoms with van der Waals surface area (Å²) in [5.74, 6) is -0.536. The number of nitrogens with one attached hydrogen (secondary N) is 2. The fourth-order valence-electron chi connectivity index (χ4n) is 2.20. The van der Waals surface area contributed by atoms with Crippen LogP contribution in [0.15, 0.2) is 60.2 Å². The normalized spacial score (nSPS) is 10.4. The van der Waals surface area contributed by atoms with Crippen molar-refractivity contribution in [1.82, 2.24) is 10.7 Å². The average molecular weight is 416 g/mol. The Balaban J connectivity index is 2.00. The van der Waals surface area contributed by atoms with Crippen molar-refractivity contribution < 1.29 is 19.1 Å². The van der Waals surface area contributed by atoms with Crippen LogP contribution in [0.1, 0.15) is 18.1 Å².